The fourth-order valence-electron chi connectivity index (χ4n) is 19.7. The van der Waals surface area contributed by atoms with Gasteiger partial charge in [0.25, 0.3) is 0 Å². The largest absolute Gasteiger partial charge is 0.456 e. The molecule has 484 valence electrons. The Kier molecular flexibility index (Phi) is 13.3. The minimum absolute atomic E-state index is 0.0237. The van der Waals surface area contributed by atoms with Crippen molar-refractivity contribution in [3.8, 4) is 33.4 Å². The van der Waals surface area contributed by atoms with Crippen molar-refractivity contribution in [3.63, 3.8) is 0 Å². The van der Waals surface area contributed by atoms with E-state index >= 15 is 0 Å². The highest BCUT2D eigenvalue weighted by Crippen LogP contribution is 2.56. The molecule has 0 spiro atoms. The molecule has 0 aliphatic heterocycles. The number of benzene rings is 12. The molecular formula is C93H86N4O. The van der Waals surface area contributed by atoms with Crippen molar-refractivity contribution >= 4 is 109 Å². The first-order valence-corrected chi connectivity index (χ1v) is 35.1. The molecule has 5 heterocycles. The van der Waals surface area contributed by atoms with Crippen LogP contribution in [-0.4, -0.2) is 18.3 Å². The molecule has 20 rings (SSSR count). The lowest BCUT2D eigenvalue weighted by atomic mass is 9.80. The third-order valence-electron chi connectivity index (χ3n) is 23.8. The van der Waals surface area contributed by atoms with Crippen LogP contribution < -0.4 is 0 Å². The summed E-state index contributed by atoms with van der Waals surface area (Å²) >= 11 is 0. The van der Waals surface area contributed by atoms with Crippen molar-refractivity contribution in [2.45, 2.75) is 113 Å². The maximum absolute atomic E-state index is 6.12. The number of hydrogen-bond donors (Lipinski definition) is 0. The smallest absolute Gasteiger partial charge is 0.136 e. The molecule has 3 aliphatic carbocycles. The summed E-state index contributed by atoms with van der Waals surface area (Å²) in [7, 11) is 8.81. The zero-order valence-electron chi connectivity index (χ0n) is 60.2. The highest BCUT2D eigenvalue weighted by Gasteiger charge is 2.41. The van der Waals surface area contributed by atoms with Crippen LogP contribution in [0.2, 0.25) is 0 Å². The zero-order chi connectivity index (χ0) is 68.2. The Balaban J connectivity index is 0.0000000983. The molecule has 98 heavy (non-hydrogen) atoms. The summed E-state index contributed by atoms with van der Waals surface area (Å²) in [5.74, 6) is 0. The molecule has 12 aromatic carbocycles. The predicted octanol–water partition coefficient (Wildman–Crippen LogP) is 24.6. The summed E-state index contributed by atoms with van der Waals surface area (Å²) < 4.78 is 15.6. The molecule has 0 saturated heterocycles. The van der Waals surface area contributed by atoms with E-state index in [1.807, 2.05) is 12.1 Å². The first-order valence-electron chi connectivity index (χ1n) is 35.1. The third-order valence-corrected chi connectivity index (χ3v) is 23.8. The number of nitrogens with zero attached hydrogens (tertiary/aromatic N) is 4. The van der Waals surface area contributed by atoms with E-state index in [9.17, 15) is 0 Å². The molecular weight excluding hydrogens is 1190 g/mol. The Hall–Kier alpha value is -10.4. The van der Waals surface area contributed by atoms with Gasteiger partial charge in [-0.3, -0.25) is 0 Å². The number of aromatic nitrogens is 4. The molecule has 0 fully saturated rings. The van der Waals surface area contributed by atoms with Gasteiger partial charge in [0.15, 0.2) is 0 Å². The van der Waals surface area contributed by atoms with Crippen LogP contribution >= 0.6 is 0 Å². The molecule has 0 unspecified atom stereocenters. The monoisotopic (exact) mass is 1270 g/mol. The Labute approximate surface area is 575 Å². The van der Waals surface area contributed by atoms with Gasteiger partial charge in [0.2, 0.25) is 0 Å². The van der Waals surface area contributed by atoms with Crippen LogP contribution in [-0.2, 0) is 44.4 Å². The highest BCUT2D eigenvalue weighted by atomic mass is 16.3. The van der Waals surface area contributed by atoms with E-state index in [2.05, 4.69) is 325 Å². The number of para-hydroxylation sites is 5. The van der Waals surface area contributed by atoms with Crippen LogP contribution in [0, 0.1) is 55.4 Å². The van der Waals surface area contributed by atoms with Crippen molar-refractivity contribution in [3.05, 3.63) is 272 Å². The quantitative estimate of drug-likeness (QED) is 0.149. The first-order chi connectivity index (χ1) is 46.9. The van der Waals surface area contributed by atoms with Crippen LogP contribution in [0.5, 0.6) is 0 Å². The molecule has 0 bridgehead atoms. The number of aryl methyl sites for hydroxylation is 12. The Morgan fingerprint density at radius 2 is 0.653 bits per heavy atom. The SMILES string of the molecule is Cc1cccc2c3c4c(cc(C)c3n(C)c12)-c1ccccc1C4(C)C.Cc1cccc2c3cc4c(c(C)c3n(C)c12)-c1ccccc1C4(C)C.Cc1cccc2c3cc4c(c(C)c3n(C)c12)C(C)(C)c1ccccc1-4.Cc1cccc2c3cc4oc5ccccc5c4c(C)c3n(C)c12. The summed E-state index contributed by atoms with van der Waals surface area (Å²) in [5, 5.41) is 13.3. The summed E-state index contributed by atoms with van der Waals surface area (Å²) in [4.78, 5) is 0. The normalized spacial score (nSPS) is 14.3. The summed E-state index contributed by atoms with van der Waals surface area (Å²) in [6.07, 6.45) is 0. The average Bonchev–Trinajstić information content (AvgIpc) is 1.55. The number of rotatable bonds is 0. The van der Waals surface area contributed by atoms with E-state index in [-0.39, 0.29) is 16.2 Å². The van der Waals surface area contributed by atoms with Gasteiger partial charge in [-0.05, 0) is 197 Å². The fraction of sp³-hybridized carbons (Fsp3) is 0.226. The Morgan fingerprint density at radius 1 is 0.255 bits per heavy atom. The number of fused-ring (bicyclic) bond motifs is 25. The Bertz CT molecular complexity index is 6320. The molecule has 0 saturated carbocycles. The van der Waals surface area contributed by atoms with Crippen molar-refractivity contribution in [1.82, 2.24) is 18.3 Å². The lowest BCUT2D eigenvalue weighted by molar-refractivity contribution is 0.656. The van der Waals surface area contributed by atoms with Gasteiger partial charge < -0.3 is 22.7 Å². The van der Waals surface area contributed by atoms with E-state index in [1.54, 1.807) is 0 Å². The number of hydrogen-bond acceptors (Lipinski definition) is 1. The molecule has 17 aromatic rings. The molecule has 3 aliphatic rings. The maximum Gasteiger partial charge on any atom is 0.136 e. The van der Waals surface area contributed by atoms with Crippen molar-refractivity contribution in [2.24, 2.45) is 28.2 Å². The van der Waals surface area contributed by atoms with Gasteiger partial charge in [-0.1, -0.05) is 205 Å². The highest BCUT2D eigenvalue weighted by molar-refractivity contribution is 6.20. The van der Waals surface area contributed by atoms with Crippen LogP contribution in [0.25, 0.3) is 143 Å². The van der Waals surface area contributed by atoms with Crippen molar-refractivity contribution in [1.29, 1.82) is 0 Å². The van der Waals surface area contributed by atoms with E-state index in [1.165, 1.54) is 209 Å². The van der Waals surface area contributed by atoms with Gasteiger partial charge in [0, 0.05) is 98.3 Å². The summed E-state index contributed by atoms with van der Waals surface area (Å²) in [6, 6.07) is 71.1. The second-order valence-electron chi connectivity index (χ2n) is 30.5. The van der Waals surface area contributed by atoms with Gasteiger partial charge in [-0.2, -0.15) is 0 Å². The molecule has 5 heteroatoms. The zero-order valence-corrected chi connectivity index (χ0v) is 60.2. The third kappa shape index (κ3) is 8.19. The molecule has 5 aromatic heterocycles. The second kappa shape index (κ2) is 21.3. The van der Waals surface area contributed by atoms with Crippen molar-refractivity contribution in [2.75, 3.05) is 0 Å². The average molecular weight is 1280 g/mol. The number of furan rings is 1. The maximum atomic E-state index is 6.12. The topological polar surface area (TPSA) is 32.9 Å². The molecule has 0 amide bonds. The molecule has 0 N–H and O–H groups in total. The van der Waals surface area contributed by atoms with Crippen LogP contribution in [0.4, 0.5) is 0 Å². The second-order valence-corrected chi connectivity index (χ2v) is 30.5. The van der Waals surface area contributed by atoms with E-state index in [0.717, 1.165) is 11.2 Å². The minimum Gasteiger partial charge on any atom is -0.456 e. The molecule has 0 radical (unpaired) electrons. The lowest BCUT2D eigenvalue weighted by Gasteiger charge is -2.24. The predicted molar refractivity (Wildman–Crippen MR) is 420 cm³/mol. The van der Waals surface area contributed by atoms with Gasteiger partial charge in [-0.15, -0.1) is 0 Å². The van der Waals surface area contributed by atoms with Crippen LogP contribution in [0.15, 0.2) is 199 Å². The van der Waals surface area contributed by atoms with Crippen LogP contribution in [0.1, 0.15) is 119 Å². The lowest BCUT2D eigenvalue weighted by Crippen LogP contribution is -2.16. The summed E-state index contributed by atoms with van der Waals surface area (Å²) in [6.45, 7) is 32.1. The first kappa shape index (κ1) is 61.2. The van der Waals surface area contributed by atoms with Gasteiger partial charge in [-0.25, -0.2) is 0 Å². The summed E-state index contributed by atoms with van der Waals surface area (Å²) in [5.41, 5.74) is 41.0. The minimum atomic E-state index is 0.0237. The van der Waals surface area contributed by atoms with E-state index in [4.69, 9.17) is 4.42 Å². The van der Waals surface area contributed by atoms with Gasteiger partial charge in [0.05, 0.1) is 44.1 Å². The van der Waals surface area contributed by atoms with Gasteiger partial charge in [0.1, 0.15) is 11.2 Å². The standard InChI is InChI=1S/3C24H23N.C21H17NO/c1-14-9-8-11-16-18-13-20-21(15(2)23(18)25(5)22(14)16)17-10-6-7-12-19(17)24(20,3)4;1-14-9-8-11-17-19-13-18-16-10-6-7-12-20(16)24(3,4)21(18)15(2)23(19)25(5)22(14)17;1-14-9-8-11-17-20-21-18(13-15(2)23(20)25(5)22(14)17)16-10-6-7-12-19(16)24(21,3)4;1-12-7-6-9-14-16-11-18-19(13(2)21(16)22(3)20(12)14)15-8-4-5-10-17(15)23-18/h3*6-13H,1-5H3;4-11H,1-3H3. The van der Waals surface area contributed by atoms with Crippen LogP contribution in [0.3, 0.4) is 0 Å². The molecule has 5 nitrogen and oxygen atoms in total. The Morgan fingerprint density at radius 3 is 1.20 bits per heavy atom. The van der Waals surface area contributed by atoms with Gasteiger partial charge >= 0.3 is 0 Å². The van der Waals surface area contributed by atoms with E-state index < -0.39 is 0 Å². The van der Waals surface area contributed by atoms with E-state index in [0.29, 0.717) is 0 Å². The fourth-order valence-corrected chi connectivity index (χ4v) is 19.7. The van der Waals surface area contributed by atoms with Crippen molar-refractivity contribution < 1.29 is 4.42 Å². The molecule has 0 atom stereocenters.